The minimum atomic E-state index is -0.187. The van der Waals surface area contributed by atoms with E-state index in [1.165, 1.54) is 22.3 Å². The van der Waals surface area contributed by atoms with E-state index in [0.29, 0.717) is 0 Å². The normalized spacial score (nSPS) is 17.8. The van der Waals surface area contributed by atoms with E-state index in [-0.39, 0.29) is 18.2 Å². The summed E-state index contributed by atoms with van der Waals surface area (Å²) >= 11 is 0. The zero-order valence-electron chi connectivity index (χ0n) is 18.4. The molecule has 0 aromatic heterocycles. The molecule has 33 heavy (non-hydrogen) atoms. The Bertz CT molecular complexity index is 1290. The molecule has 0 saturated carbocycles. The van der Waals surface area contributed by atoms with Crippen molar-refractivity contribution in [3.63, 3.8) is 0 Å². The van der Waals surface area contributed by atoms with Crippen molar-refractivity contribution in [1.82, 2.24) is 5.32 Å². The van der Waals surface area contributed by atoms with Gasteiger partial charge in [0.2, 0.25) is 0 Å². The highest BCUT2D eigenvalue weighted by molar-refractivity contribution is 5.66. The molecule has 0 amide bonds. The number of benzene rings is 4. The highest BCUT2D eigenvalue weighted by atomic mass is 15.2. The molecule has 0 fully saturated rings. The van der Waals surface area contributed by atoms with Crippen LogP contribution in [0.25, 0.3) is 11.1 Å². The molecular formula is C30H27N3. The second kappa shape index (κ2) is 9.32. The average Bonchev–Trinajstić information content (AvgIpc) is 2.89. The van der Waals surface area contributed by atoms with E-state index in [1.54, 1.807) is 6.08 Å². The molecule has 0 spiro atoms. The lowest BCUT2D eigenvalue weighted by molar-refractivity contribution is 0.506. The minimum Gasteiger partial charge on any atom is -0.366 e. The summed E-state index contributed by atoms with van der Waals surface area (Å²) in [7, 11) is 0. The molecule has 3 atom stereocenters. The number of para-hydroxylation sites is 1. The maximum absolute atomic E-state index is 6.14. The summed E-state index contributed by atoms with van der Waals surface area (Å²) in [5.41, 5.74) is 17.2. The van der Waals surface area contributed by atoms with Gasteiger partial charge >= 0.3 is 0 Å². The van der Waals surface area contributed by atoms with Crippen LogP contribution in [0.2, 0.25) is 0 Å². The maximum Gasteiger partial charge on any atom is 0.104 e. The third kappa shape index (κ3) is 4.39. The van der Waals surface area contributed by atoms with Gasteiger partial charge < -0.3 is 11.1 Å². The number of hydrogen-bond acceptors (Lipinski definition) is 3. The van der Waals surface area contributed by atoms with E-state index >= 15 is 0 Å². The smallest absolute Gasteiger partial charge is 0.104 e. The molecule has 0 aliphatic carbocycles. The number of hydrogen-bond donors (Lipinski definition) is 3. The summed E-state index contributed by atoms with van der Waals surface area (Å²) in [6.45, 7) is 3.61. The lowest BCUT2D eigenvalue weighted by Crippen LogP contribution is -2.37. The predicted octanol–water partition coefficient (Wildman–Crippen LogP) is 6.50. The molecule has 5 rings (SSSR count). The van der Waals surface area contributed by atoms with Crippen molar-refractivity contribution >= 4 is 5.69 Å². The molecular weight excluding hydrogens is 402 g/mol. The molecule has 4 aromatic carbocycles. The second-order valence-corrected chi connectivity index (χ2v) is 8.32. The van der Waals surface area contributed by atoms with Crippen LogP contribution in [0.3, 0.4) is 0 Å². The summed E-state index contributed by atoms with van der Waals surface area (Å²) in [5.74, 6) is 0. The van der Waals surface area contributed by atoms with Gasteiger partial charge in [-0.15, -0.1) is 5.73 Å². The van der Waals surface area contributed by atoms with Crippen LogP contribution in [-0.2, 0) is 0 Å². The van der Waals surface area contributed by atoms with Crippen LogP contribution in [0.15, 0.2) is 122 Å². The Morgan fingerprint density at radius 2 is 1.52 bits per heavy atom. The number of fused-ring (bicyclic) bond motifs is 1. The van der Waals surface area contributed by atoms with Gasteiger partial charge in [-0.1, -0.05) is 97.6 Å². The van der Waals surface area contributed by atoms with Gasteiger partial charge in [0.15, 0.2) is 0 Å². The third-order valence-corrected chi connectivity index (χ3v) is 6.18. The van der Waals surface area contributed by atoms with Crippen LogP contribution < -0.4 is 16.4 Å². The van der Waals surface area contributed by atoms with Crippen molar-refractivity contribution in [3.8, 4) is 11.1 Å². The molecule has 162 valence electrons. The molecule has 0 bridgehead atoms. The lowest BCUT2D eigenvalue weighted by atomic mass is 9.93. The van der Waals surface area contributed by atoms with Gasteiger partial charge in [-0.2, -0.15) is 0 Å². The first-order chi connectivity index (χ1) is 16.2. The predicted molar refractivity (Wildman–Crippen MR) is 137 cm³/mol. The zero-order valence-corrected chi connectivity index (χ0v) is 18.4. The first-order valence-electron chi connectivity index (χ1n) is 11.2. The van der Waals surface area contributed by atoms with E-state index in [4.69, 9.17) is 5.73 Å². The Hall–Kier alpha value is -3.88. The summed E-state index contributed by atoms with van der Waals surface area (Å²) in [5, 5.41) is 7.50. The maximum atomic E-state index is 6.14. The summed E-state index contributed by atoms with van der Waals surface area (Å²) in [6, 6.07) is 36.1. The van der Waals surface area contributed by atoms with Crippen molar-refractivity contribution in [2.45, 2.75) is 18.2 Å². The average molecular weight is 430 g/mol. The topological polar surface area (TPSA) is 50.1 Å². The molecule has 4 N–H and O–H groups in total. The molecule has 0 radical (unpaired) electrons. The summed E-state index contributed by atoms with van der Waals surface area (Å²) in [4.78, 5) is 0. The Labute approximate surface area is 195 Å². The van der Waals surface area contributed by atoms with Gasteiger partial charge in [0.05, 0.1) is 12.1 Å². The molecule has 3 heteroatoms. The van der Waals surface area contributed by atoms with Crippen LogP contribution in [0.1, 0.15) is 40.5 Å². The number of nitrogens with two attached hydrogens (primary N) is 1. The van der Waals surface area contributed by atoms with Gasteiger partial charge in [-0.25, -0.2) is 0 Å². The standard InChI is InChI=1S/C30H27N3/c1-2-9-27(31)22-18-16-21(17-19-22)24-12-8-13-25(20-24)30-32-28-15-7-6-14-26(28)29(33-30)23-10-4-3-5-11-23/h3-20,27,29-30,32-33H,1,31H2/t27-,29?,30?/m0/s1. The van der Waals surface area contributed by atoms with Crippen LogP contribution in [0.5, 0.6) is 0 Å². The monoisotopic (exact) mass is 429 g/mol. The number of rotatable bonds is 5. The van der Waals surface area contributed by atoms with Crippen LogP contribution in [0.4, 0.5) is 5.69 Å². The van der Waals surface area contributed by atoms with Crippen LogP contribution in [0, 0.1) is 0 Å². The van der Waals surface area contributed by atoms with Gasteiger partial charge in [0.25, 0.3) is 0 Å². The highest BCUT2D eigenvalue weighted by Crippen LogP contribution is 2.37. The second-order valence-electron chi connectivity index (χ2n) is 8.32. The number of anilines is 1. The fourth-order valence-corrected chi connectivity index (χ4v) is 4.45. The Morgan fingerprint density at radius 3 is 2.30 bits per heavy atom. The van der Waals surface area contributed by atoms with Crippen molar-refractivity contribution < 1.29 is 0 Å². The lowest BCUT2D eigenvalue weighted by Gasteiger charge is -2.35. The quantitative estimate of drug-likeness (QED) is 0.318. The van der Waals surface area contributed by atoms with Crippen molar-refractivity contribution in [2.75, 3.05) is 5.32 Å². The highest BCUT2D eigenvalue weighted by Gasteiger charge is 2.27. The zero-order chi connectivity index (χ0) is 22.6. The van der Waals surface area contributed by atoms with E-state index in [1.807, 2.05) is 0 Å². The van der Waals surface area contributed by atoms with E-state index in [0.717, 1.165) is 16.8 Å². The minimum absolute atomic E-state index is 0.00419. The molecule has 1 aliphatic rings. The summed E-state index contributed by atoms with van der Waals surface area (Å²) in [6.07, 6.45) is 1.77. The summed E-state index contributed by atoms with van der Waals surface area (Å²) < 4.78 is 0. The molecule has 4 aromatic rings. The van der Waals surface area contributed by atoms with E-state index < -0.39 is 0 Å². The molecule has 3 nitrogen and oxygen atoms in total. The van der Waals surface area contributed by atoms with Gasteiger partial charge in [-0.3, -0.25) is 5.32 Å². The fraction of sp³-hybridized carbons (Fsp3) is 0.100. The molecule has 0 saturated heterocycles. The fourth-order valence-electron chi connectivity index (χ4n) is 4.45. The van der Waals surface area contributed by atoms with Crippen molar-refractivity contribution in [2.24, 2.45) is 5.73 Å². The first-order valence-corrected chi connectivity index (χ1v) is 11.2. The van der Waals surface area contributed by atoms with Crippen LogP contribution >= 0.6 is 0 Å². The Kier molecular flexibility index (Phi) is 5.93. The number of nitrogens with one attached hydrogen (secondary N) is 2. The molecule has 2 unspecified atom stereocenters. The van der Waals surface area contributed by atoms with Crippen LogP contribution in [-0.4, -0.2) is 0 Å². The Balaban J connectivity index is 1.46. The molecule has 1 heterocycles. The van der Waals surface area contributed by atoms with E-state index in [9.17, 15) is 0 Å². The molecule has 1 aliphatic heterocycles. The third-order valence-electron chi connectivity index (χ3n) is 6.18. The Morgan fingerprint density at radius 1 is 0.788 bits per heavy atom. The van der Waals surface area contributed by atoms with Gasteiger partial charge in [-0.05, 0) is 51.6 Å². The van der Waals surface area contributed by atoms with E-state index in [2.05, 4.69) is 126 Å². The largest absolute Gasteiger partial charge is 0.366 e. The van der Waals surface area contributed by atoms with Crippen molar-refractivity contribution in [3.05, 3.63) is 144 Å². The first kappa shape index (κ1) is 21.0. The van der Waals surface area contributed by atoms with Crippen molar-refractivity contribution in [1.29, 1.82) is 0 Å². The van der Waals surface area contributed by atoms with Gasteiger partial charge in [0, 0.05) is 5.69 Å². The van der Waals surface area contributed by atoms with Gasteiger partial charge in [0.1, 0.15) is 6.17 Å². The SMILES string of the molecule is C=C=C[C@H](N)c1ccc(-c2cccc(C3Nc4ccccc4C(c4ccccc4)N3)c2)cc1.